The number of carbonyl (C=O) groups is 1. The molecule has 0 radical (unpaired) electrons. The van der Waals surface area contributed by atoms with Crippen molar-refractivity contribution in [3.63, 3.8) is 0 Å². The summed E-state index contributed by atoms with van der Waals surface area (Å²) in [7, 11) is 0. The van der Waals surface area contributed by atoms with Crippen molar-refractivity contribution in [1.29, 1.82) is 0 Å². The number of hydrogen-bond acceptors (Lipinski definition) is 3. The fourth-order valence-corrected chi connectivity index (χ4v) is 1.81. The second-order valence-corrected chi connectivity index (χ2v) is 4.38. The van der Waals surface area contributed by atoms with Gasteiger partial charge >= 0.3 is 5.97 Å². The summed E-state index contributed by atoms with van der Waals surface area (Å²) < 4.78 is 26.5. The fraction of sp³-hybridized carbons (Fsp3) is 0. The first-order chi connectivity index (χ1) is 9.38. The summed E-state index contributed by atoms with van der Waals surface area (Å²) in [6.07, 6.45) is 0. The smallest absolute Gasteiger partial charge is 0.338 e. The highest BCUT2D eigenvalue weighted by Crippen LogP contribution is 2.30. The van der Waals surface area contributed by atoms with E-state index in [0.717, 1.165) is 18.2 Å². The third-order valence-corrected chi connectivity index (χ3v) is 2.88. The first-order valence-electron chi connectivity index (χ1n) is 5.43. The standard InChI is InChI=1S/C13H9ClF2N2O2/c14-8-3-6(15)1-2-11(8)18-12-5-9(16)7(13(19)20)4-10(12)17/h1-5,18H,17H2,(H,19,20). The Bertz CT molecular complexity index is 692. The van der Waals surface area contributed by atoms with Crippen molar-refractivity contribution in [2.75, 3.05) is 11.1 Å². The van der Waals surface area contributed by atoms with E-state index in [0.29, 0.717) is 5.69 Å². The number of nitrogens with two attached hydrogens (primary N) is 1. The van der Waals surface area contributed by atoms with E-state index < -0.39 is 23.2 Å². The second kappa shape index (κ2) is 5.34. The maximum atomic E-state index is 13.6. The molecule has 0 bridgehead atoms. The van der Waals surface area contributed by atoms with Crippen LogP contribution in [0.4, 0.5) is 25.8 Å². The van der Waals surface area contributed by atoms with E-state index in [1.807, 2.05) is 0 Å². The Labute approximate surface area is 117 Å². The van der Waals surface area contributed by atoms with Gasteiger partial charge in [-0.25, -0.2) is 13.6 Å². The molecule has 0 aliphatic rings. The topological polar surface area (TPSA) is 75.4 Å². The maximum Gasteiger partial charge on any atom is 0.338 e. The highest BCUT2D eigenvalue weighted by molar-refractivity contribution is 6.33. The predicted octanol–water partition coefficient (Wildman–Crippen LogP) is 3.64. The lowest BCUT2D eigenvalue weighted by Gasteiger charge is -2.12. The molecule has 0 fully saturated rings. The summed E-state index contributed by atoms with van der Waals surface area (Å²) in [6.45, 7) is 0. The molecule has 0 aliphatic carbocycles. The van der Waals surface area contributed by atoms with Crippen molar-refractivity contribution < 1.29 is 18.7 Å². The lowest BCUT2D eigenvalue weighted by Crippen LogP contribution is -2.05. The molecular weight excluding hydrogens is 290 g/mol. The number of anilines is 3. The number of nitrogen functional groups attached to an aromatic ring is 1. The van der Waals surface area contributed by atoms with Gasteiger partial charge in [0.15, 0.2) is 0 Å². The molecular formula is C13H9ClF2N2O2. The molecule has 0 aliphatic heterocycles. The SMILES string of the molecule is Nc1cc(C(=O)O)c(F)cc1Nc1ccc(F)cc1Cl. The van der Waals surface area contributed by atoms with Crippen LogP contribution in [0, 0.1) is 11.6 Å². The van der Waals surface area contributed by atoms with E-state index in [1.165, 1.54) is 12.1 Å². The average Bonchev–Trinajstić information content (AvgIpc) is 2.36. The molecule has 7 heteroatoms. The van der Waals surface area contributed by atoms with Gasteiger partial charge in [0.05, 0.1) is 27.6 Å². The van der Waals surface area contributed by atoms with Gasteiger partial charge in [0.2, 0.25) is 0 Å². The van der Waals surface area contributed by atoms with Crippen LogP contribution in [0.1, 0.15) is 10.4 Å². The normalized spacial score (nSPS) is 10.3. The lowest BCUT2D eigenvalue weighted by atomic mass is 10.1. The zero-order valence-electron chi connectivity index (χ0n) is 9.95. The van der Waals surface area contributed by atoms with Crippen LogP contribution in [0.15, 0.2) is 30.3 Å². The number of aromatic carboxylic acids is 1. The Kier molecular flexibility index (Phi) is 3.76. The van der Waals surface area contributed by atoms with Gasteiger partial charge in [-0.15, -0.1) is 0 Å². The molecule has 2 aromatic rings. The van der Waals surface area contributed by atoms with E-state index in [1.54, 1.807) is 0 Å². The molecule has 20 heavy (non-hydrogen) atoms. The molecule has 0 atom stereocenters. The van der Waals surface area contributed by atoms with E-state index in [2.05, 4.69) is 5.32 Å². The van der Waals surface area contributed by atoms with Crippen molar-refractivity contribution in [2.24, 2.45) is 0 Å². The van der Waals surface area contributed by atoms with Crippen molar-refractivity contribution in [1.82, 2.24) is 0 Å². The van der Waals surface area contributed by atoms with Crippen LogP contribution in [-0.4, -0.2) is 11.1 Å². The Hall–Kier alpha value is -2.34. The molecule has 0 aromatic heterocycles. The number of hydrogen-bond donors (Lipinski definition) is 3. The zero-order valence-corrected chi connectivity index (χ0v) is 10.7. The van der Waals surface area contributed by atoms with E-state index in [9.17, 15) is 13.6 Å². The van der Waals surface area contributed by atoms with Gasteiger partial charge in [0.1, 0.15) is 11.6 Å². The molecule has 0 unspecified atom stereocenters. The van der Waals surface area contributed by atoms with Crippen LogP contribution in [0.3, 0.4) is 0 Å². The summed E-state index contributed by atoms with van der Waals surface area (Å²) >= 11 is 5.82. The van der Waals surface area contributed by atoms with Crippen molar-refractivity contribution in [3.8, 4) is 0 Å². The third kappa shape index (κ3) is 2.80. The maximum absolute atomic E-state index is 13.6. The van der Waals surface area contributed by atoms with Crippen LogP contribution in [-0.2, 0) is 0 Å². The van der Waals surface area contributed by atoms with Crippen molar-refractivity contribution >= 4 is 34.6 Å². The van der Waals surface area contributed by atoms with E-state index >= 15 is 0 Å². The average molecular weight is 299 g/mol. The number of benzene rings is 2. The Morgan fingerprint density at radius 2 is 1.90 bits per heavy atom. The molecule has 4 N–H and O–H groups in total. The summed E-state index contributed by atoms with van der Waals surface area (Å²) in [6, 6.07) is 5.56. The molecule has 2 rings (SSSR count). The van der Waals surface area contributed by atoms with Gasteiger partial charge < -0.3 is 16.2 Å². The predicted molar refractivity (Wildman–Crippen MR) is 72.5 cm³/mol. The molecule has 4 nitrogen and oxygen atoms in total. The lowest BCUT2D eigenvalue weighted by molar-refractivity contribution is 0.0692. The van der Waals surface area contributed by atoms with Gasteiger partial charge in [0.25, 0.3) is 0 Å². The van der Waals surface area contributed by atoms with Crippen LogP contribution in [0.25, 0.3) is 0 Å². The number of rotatable bonds is 3. The third-order valence-electron chi connectivity index (χ3n) is 2.57. The number of carboxylic acid groups (broad SMARTS) is 1. The highest BCUT2D eigenvalue weighted by Gasteiger charge is 2.14. The van der Waals surface area contributed by atoms with Crippen molar-refractivity contribution in [2.45, 2.75) is 0 Å². The van der Waals surface area contributed by atoms with Gasteiger partial charge in [-0.05, 0) is 24.3 Å². The molecule has 0 saturated carbocycles. The first-order valence-corrected chi connectivity index (χ1v) is 5.80. The van der Waals surface area contributed by atoms with Gasteiger partial charge in [0, 0.05) is 6.07 Å². The van der Waals surface area contributed by atoms with Gasteiger partial charge in [-0.1, -0.05) is 11.6 Å². The van der Waals surface area contributed by atoms with Crippen LogP contribution < -0.4 is 11.1 Å². The minimum Gasteiger partial charge on any atom is -0.478 e. The molecule has 104 valence electrons. The van der Waals surface area contributed by atoms with Gasteiger partial charge in [-0.3, -0.25) is 0 Å². The number of nitrogens with one attached hydrogen (secondary N) is 1. The van der Waals surface area contributed by atoms with Gasteiger partial charge in [-0.2, -0.15) is 0 Å². The Balaban J connectivity index is 2.39. The van der Waals surface area contributed by atoms with Crippen molar-refractivity contribution in [3.05, 3.63) is 52.6 Å². The fourth-order valence-electron chi connectivity index (χ4n) is 1.60. The Morgan fingerprint density at radius 3 is 2.50 bits per heavy atom. The summed E-state index contributed by atoms with van der Waals surface area (Å²) in [5.41, 5.74) is 5.61. The molecule has 0 saturated heterocycles. The zero-order chi connectivity index (χ0) is 14.9. The first kappa shape index (κ1) is 14.1. The minimum atomic E-state index is -1.42. The number of carboxylic acids is 1. The minimum absolute atomic E-state index is 0.0317. The van der Waals surface area contributed by atoms with Crippen LogP contribution >= 0.6 is 11.6 Å². The van der Waals surface area contributed by atoms with Crippen LogP contribution in [0.2, 0.25) is 5.02 Å². The van der Waals surface area contributed by atoms with E-state index in [-0.39, 0.29) is 16.4 Å². The number of halogens is 3. The Morgan fingerprint density at radius 1 is 1.20 bits per heavy atom. The molecule has 2 aromatic carbocycles. The summed E-state index contributed by atoms with van der Waals surface area (Å²) in [5, 5.41) is 11.6. The molecule has 0 heterocycles. The largest absolute Gasteiger partial charge is 0.478 e. The van der Waals surface area contributed by atoms with E-state index in [4.69, 9.17) is 22.4 Å². The monoisotopic (exact) mass is 298 g/mol. The quantitative estimate of drug-likeness (QED) is 0.756. The van der Waals surface area contributed by atoms with Crippen LogP contribution in [0.5, 0.6) is 0 Å². The highest BCUT2D eigenvalue weighted by atomic mass is 35.5. The second-order valence-electron chi connectivity index (χ2n) is 3.97. The molecule has 0 amide bonds. The summed E-state index contributed by atoms with van der Waals surface area (Å²) in [4.78, 5) is 10.8. The molecule has 0 spiro atoms. The summed E-state index contributed by atoms with van der Waals surface area (Å²) in [5.74, 6) is -2.87.